The topological polar surface area (TPSA) is 54.4 Å². The molecule has 8 heteroatoms. The van der Waals surface area contributed by atoms with Crippen LogP contribution in [-0.2, 0) is 17.8 Å². The minimum absolute atomic E-state index is 0.0127. The molecule has 0 aliphatic carbocycles. The summed E-state index contributed by atoms with van der Waals surface area (Å²) in [6, 6.07) is 2.26. The maximum atomic E-state index is 12.7. The van der Waals surface area contributed by atoms with Crippen LogP contribution in [0.15, 0.2) is 16.4 Å². The zero-order chi connectivity index (χ0) is 20.9. The van der Waals surface area contributed by atoms with E-state index in [0.29, 0.717) is 5.91 Å². The molecular formula is C22H36N6OS. The van der Waals surface area contributed by atoms with Crippen molar-refractivity contribution in [3.8, 4) is 0 Å². The van der Waals surface area contributed by atoms with Crippen LogP contribution in [0.2, 0.25) is 0 Å². The van der Waals surface area contributed by atoms with Crippen LogP contribution in [0.1, 0.15) is 30.2 Å². The first-order chi connectivity index (χ1) is 14.7. The summed E-state index contributed by atoms with van der Waals surface area (Å²) in [4.78, 5) is 28.0. The number of hydrogen-bond donors (Lipinski definition) is 1. The fourth-order valence-electron chi connectivity index (χ4n) is 4.83. The predicted octanol–water partition coefficient (Wildman–Crippen LogP) is 1.31. The minimum atomic E-state index is -0.0127. The van der Waals surface area contributed by atoms with E-state index in [-0.39, 0.29) is 6.04 Å². The fourth-order valence-corrected chi connectivity index (χ4v) is 5.72. The average molecular weight is 433 g/mol. The van der Waals surface area contributed by atoms with Crippen molar-refractivity contribution < 1.29 is 4.79 Å². The zero-order valence-electron chi connectivity index (χ0n) is 18.5. The molecule has 0 aromatic carbocycles. The summed E-state index contributed by atoms with van der Waals surface area (Å²) >= 11 is 1.89. The Morgan fingerprint density at radius 3 is 2.63 bits per heavy atom. The van der Waals surface area contributed by atoms with Gasteiger partial charge in [0.05, 0.1) is 6.04 Å². The number of guanidine groups is 1. The number of nitrogens with zero attached hydrogens (tertiary/aromatic N) is 5. The van der Waals surface area contributed by atoms with Gasteiger partial charge in [0.15, 0.2) is 5.96 Å². The molecule has 0 radical (unpaired) electrons. The molecule has 0 bridgehead atoms. The Kier molecular flexibility index (Phi) is 7.28. The number of carbonyl (C=O) groups is 1. The molecule has 1 amide bonds. The van der Waals surface area contributed by atoms with Crippen LogP contribution in [0.4, 0.5) is 0 Å². The van der Waals surface area contributed by atoms with Crippen LogP contribution in [0, 0.1) is 0 Å². The number of amides is 1. The number of carbonyl (C=O) groups excluding carboxylic acids is 1. The molecule has 4 rings (SSSR count). The van der Waals surface area contributed by atoms with Gasteiger partial charge in [0, 0.05) is 77.4 Å². The van der Waals surface area contributed by atoms with Crippen LogP contribution < -0.4 is 5.32 Å². The normalized spacial score (nSPS) is 22.3. The SMILES string of the molecule is CN=C(NCCN1CCc2sccc2C1)N1CCN(C(C)C(=O)N2CCCC2)CC1. The molecule has 7 nitrogen and oxygen atoms in total. The number of aliphatic imine (C=N–C) groups is 1. The highest BCUT2D eigenvalue weighted by atomic mass is 32.1. The maximum Gasteiger partial charge on any atom is 0.239 e. The van der Waals surface area contributed by atoms with Crippen molar-refractivity contribution in [2.24, 2.45) is 4.99 Å². The number of rotatable bonds is 5. The quantitative estimate of drug-likeness (QED) is 0.562. The molecule has 1 unspecified atom stereocenters. The molecular weight excluding hydrogens is 396 g/mol. The molecule has 1 N–H and O–H groups in total. The Labute approximate surface area is 184 Å². The lowest BCUT2D eigenvalue weighted by Crippen LogP contribution is -2.57. The van der Waals surface area contributed by atoms with E-state index in [1.54, 1.807) is 4.88 Å². The number of piperazine rings is 1. The van der Waals surface area contributed by atoms with Gasteiger partial charge in [-0.2, -0.15) is 0 Å². The highest BCUT2D eigenvalue weighted by Crippen LogP contribution is 2.23. The maximum absolute atomic E-state index is 12.7. The third kappa shape index (κ3) is 4.98. The van der Waals surface area contributed by atoms with Crippen LogP contribution >= 0.6 is 11.3 Å². The first kappa shape index (κ1) is 21.6. The lowest BCUT2D eigenvalue weighted by molar-refractivity contribution is -0.135. The van der Waals surface area contributed by atoms with Gasteiger partial charge in [-0.1, -0.05) is 0 Å². The summed E-state index contributed by atoms with van der Waals surface area (Å²) in [6.45, 7) is 11.8. The standard InChI is InChI=1S/C22H36N6OS/c1-18(21(29)27-8-3-4-9-27)26-12-14-28(15-13-26)22(23-2)24-7-11-25-10-5-20-19(17-25)6-16-30-20/h6,16,18H,3-5,7-15,17H2,1-2H3,(H,23,24). The Bertz CT molecular complexity index is 736. The van der Waals surface area contributed by atoms with Gasteiger partial charge in [-0.3, -0.25) is 19.6 Å². The molecule has 0 spiro atoms. The number of nitrogens with one attached hydrogen (secondary N) is 1. The van der Waals surface area contributed by atoms with Gasteiger partial charge in [-0.05, 0) is 43.2 Å². The van der Waals surface area contributed by atoms with E-state index in [1.807, 2.05) is 23.3 Å². The first-order valence-corrected chi connectivity index (χ1v) is 12.3. The highest BCUT2D eigenvalue weighted by molar-refractivity contribution is 7.10. The van der Waals surface area contributed by atoms with E-state index in [9.17, 15) is 4.79 Å². The molecule has 1 atom stereocenters. The predicted molar refractivity (Wildman–Crippen MR) is 123 cm³/mol. The molecule has 1 aromatic rings. The van der Waals surface area contributed by atoms with Crippen LogP contribution in [0.25, 0.3) is 0 Å². The molecule has 30 heavy (non-hydrogen) atoms. The number of likely N-dealkylation sites (tertiary alicyclic amines) is 1. The Morgan fingerprint density at radius 2 is 1.90 bits per heavy atom. The lowest BCUT2D eigenvalue weighted by Gasteiger charge is -2.39. The largest absolute Gasteiger partial charge is 0.355 e. The third-order valence-corrected chi connectivity index (χ3v) is 7.77. The van der Waals surface area contributed by atoms with E-state index in [2.05, 4.69) is 43.4 Å². The van der Waals surface area contributed by atoms with Gasteiger partial charge < -0.3 is 15.1 Å². The lowest BCUT2D eigenvalue weighted by atomic mass is 10.1. The van der Waals surface area contributed by atoms with Crippen molar-refractivity contribution in [3.63, 3.8) is 0 Å². The molecule has 1 aromatic heterocycles. The number of hydrogen-bond acceptors (Lipinski definition) is 5. The van der Waals surface area contributed by atoms with Gasteiger partial charge in [0.2, 0.25) is 5.91 Å². The minimum Gasteiger partial charge on any atom is -0.355 e. The zero-order valence-corrected chi connectivity index (χ0v) is 19.3. The highest BCUT2D eigenvalue weighted by Gasteiger charge is 2.30. The molecule has 166 valence electrons. The third-order valence-electron chi connectivity index (χ3n) is 6.75. The molecule has 2 fully saturated rings. The van der Waals surface area contributed by atoms with Crippen LogP contribution in [0.3, 0.4) is 0 Å². The molecule has 2 saturated heterocycles. The number of thiophene rings is 1. The van der Waals surface area contributed by atoms with E-state index in [1.165, 1.54) is 12.0 Å². The summed E-state index contributed by atoms with van der Waals surface area (Å²) < 4.78 is 0. The molecule has 4 heterocycles. The molecule has 3 aliphatic rings. The van der Waals surface area contributed by atoms with E-state index >= 15 is 0 Å². The molecule has 0 saturated carbocycles. The Morgan fingerprint density at radius 1 is 1.13 bits per heavy atom. The van der Waals surface area contributed by atoms with Crippen molar-refractivity contribution in [2.45, 2.75) is 38.8 Å². The summed E-state index contributed by atoms with van der Waals surface area (Å²) in [6.07, 6.45) is 3.48. The van der Waals surface area contributed by atoms with Crippen molar-refractivity contribution >= 4 is 23.2 Å². The Balaban J connectivity index is 1.19. The van der Waals surface area contributed by atoms with Gasteiger partial charge >= 0.3 is 0 Å². The Hall–Kier alpha value is -1.64. The van der Waals surface area contributed by atoms with Crippen molar-refractivity contribution in [3.05, 3.63) is 21.9 Å². The first-order valence-electron chi connectivity index (χ1n) is 11.4. The van der Waals surface area contributed by atoms with Crippen molar-refractivity contribution in [2.75, 3.05) is 66.0 Å². The van der Waals surface area contributed by atoms with Crippen molar-refractivity contribution in [1.29, 1.82) is 0 Å². The van der Waals surface area contributed by atoms with E-state index in [4.69, 9.17) is 0 Å². The van der Waals surface area contributed by atoms with Gasteiger partial charge in [0.1, 0.15) is 0 Å². The second-order valence-electron chi connectivity index (χ2n) is 8.60. The second kappa shape index (κ2) is 10.1. The van der Waals surface area contributed by atoms with Crippen molar-refractivity contribution in [1.82, 2.24) is 24.9 Å². The molecule has 3 aliphatic heterocycles. The fraction of sp³-hybridized carbons (Fsp3) is 0.727. The monoisotopic (exact) mass is 432 g/mol. The smallest absolute Gasteiger partial charge is 0.239 e. The summed E-state index contributed by atoms with van der Waals surface area (Å²) in [5.41, 5.74) is 1.50. The van der Waals surface area contributed by atoms with Gasteiger partial charge in [-0.15, -0.1) is 11.3 Å². The number of fused-ring (bicyclic) bond motifs is 1. The second-order valence-corrected chi connectivity index (χ2v) is 9.60. The van der Waals surface area contributed by atoms with E-state index in [0.717, 1.165) is 84.2 Å². The van der Waals surface area contributed by atoms with Crippen LogP contribution in [0.5, 0.6) is 0 Å². The van der Waals surface area contributed by atoms with Gasteiger partial charge in [0.25, 0.3) is 0 Å². The summed E-state index contributed by atoms with van der Waals surface area (Å²) in [7, 11) is 1.87. The van der Waals surface area contributed by atoms with Crippen LogP contribution in [-0.4, -0.2) is 103 Å². The summed E-state index contributed by atoms with van der Waals surface area (Å²) in [5.74, 6) is 1.29. The van der Waals surface area contributed by atoms with Gasteiger partial charge in [-0.25, -0.2) is 0 Å². The average Bonchev–Trinajstić information content (AvgIpc) is 3.48. The summed E-state index contributed by atoms with van der Waals surface area (Å²) in [5, 5.41) is 5.77. The van der Waals surface area contributed by atoms with E-state index < -0.39 is 0 Å².